The molecule has 1 unspecified atom stereocenters. The maximum atomic E-state index is 12.4. The third kappa shape index (κ3) is 4.67. The van der Waals surface area contributed by atoms with Crippen molar-refractivity contribution in [3.8, 4) is 5.75 Å². The smallest absolute Gasteiger partial charge is 0.401 e. The normalized spacial score (nSPS) is 13.7. The minimum atomic E-state index is -4.24. The van der Waals surface area contributed by atoms with E-state index >= 15 is 0 Å². The molecule has 0 heterocycles. The van der Waals surface area contributed by atoms with Crippen molar-refractivity contribution < 1.29 is 17.9 Å². The monoisotopic (exact) mass is 340 g/mol. The number of alkyl halides is 3. The molecule has 0 amide bonds. The van der Waals surface area contributed by atoms with Crippen molar-refractivity contribution in [3.05, 3.63) is 28.2 Å². The number of hydrogen-bond acceptors (Lipinski definition) is 3. The summed E-state index contributed by atoms with van der Waals surface area (Å²) in [6, 6.07) is 4.64. The highest BCUT2D eigenvalue weighted by Gasteiger charge is 2.32. The van der Waals surface area contributed by atoms with Crippen LogP contribution < -0.4 is 10.5 Å². The predicted octanol–water partition coefficient (Wildman–Crippen LogP) is 2.95. The molecular formula is C12H16BrF3N2O. The van der Waals surface area contributed by atoms with Crippen molar-refractivity contribution in [2.45, 2.75) is 12.2 Å². The van der Waals surface area contributed by atoms with Crippen molar-refractivity contribution in [1.82, 2.24) is 4.90 Å². The van der Waals surface area contributed by atoms with Gasteiger partial charge in [0.05, 0.1) is 18.1 Å². The van der Waals surface area contributed by atoms with E-state index in [1.54, 1.807) is 18.2 Å². The molecule has 1 atom stereocenters. The molecule has 0 aliphatic rings. The zero-order valence-electron chi connectivity index (χ0n) is 10.7. The van der Waals surface area contributed by atoms with E-state index in [0.29, 0.717) is 15.8 Å². The second kappa shape index (κ2) is 6.58. The molecular weight excluding hydrogens is 325 g/mol. The first-order valence-electron chi connectivity index (χ1n) is 5.59. The summed E-state index contributed by atoms with van der Waals surface area (Å²) in [5.41, 5.74) is 6.30. The zero-order chi connectivity index (χ0) is 14.6. The Kier molecular flexibility index (Phi) is 5.64. The standard InChI is InChI=1S/C12H16BrF3N2O/c1-18(7-12(14,15)16)10(6-17)8-3-4-11(19-2)9(13)5-8/h3-5,10H,6-7,17H2,1-2H3. The lowest BCUT2D eigenvalue weighted by Gasteiger charge is -2.28. The number of ether oxygens (including phenoxy) is 1. The van der Waals surface area contributed by atoms with Gasteiger partial charge in [-0.2, -0.15) is 13.2 Å². The van der Waals surface area contributed by atoms with Crippen molar-refractivity contribution in [2.24, 2.45) is 5.73 Å². The molecule has 7 heteroatoms. The van der Waals surface area contributed by atoms with Crippen LogP contribution >= 0.6 is 15.9 Å². The highest BCUT2D eigenvalue weighted by molar-refractivity contribution is 9.10. The first kappa shape index (κ1) is 16.3. The van der Waals surface area contributed by atoms with Crippen LogP contribution in [-0.4, -0.2) is 38.3 Å². The molecule has 108 valence electrons. The van der Waals surface area contributed by atoms with Crippen LogP contribution in [0.1, 0.15) is 11.6 Å². The van der Waals surface area contributed by atoms with Crippen LogP contribution in [0.3, 0.4) is 0 Å². The molecule has 0 aromatic heterocycles. The second-order valence-corrected chi connectivity index (χ2v) is 5.03. The van der Waals surface area contributed by atoms with Crippen LogP contribution in [0.15, 0.2) is 22.7 Å². The summed E-state index contributed by atoms with van der Waals surface area (Å²) in [6.07, 6.45) is -4.24. The van der Waals surface area contributed by atoms with Crippen molar-refractivity contribution in [2.75, 3.05) is 27.2 Å². The average molecular weight is 341 g/mol. The van der Waals surface area contributed by atoms with Gasteiger partial charge >= 0.3 is 6.18 Å². The van der Waals surface area contributed by atoms with E-state index in [9.17, 15) is 13.2 Å². The molecule has 19 heavy (non-hydrogen) atoms. The van der Waals surface area contributed by atoms with Crippen molar-refractivity contribution in [3.63, 3.8) is 0 Å². The quantitative estimate of drug-likeness (QED) is 0.895. The summed E-state index contributed by atoms with van der Waals surface area (Å²) in [5.74, 6) is 0.623. The number of halogens is 4. The largest absolute Gasteiger partial charge is 0.496 e. The molecule has 0 spiro atoms. The summed E-state index contributed by atoms with van der Waals surface area (Å²) in [5, 5.41) is 0. The molecule has 0 fully saturated rings. The van der Waals surface area contributed by atoms with E-state index in [1.165, 1.54) is 19.1 Å². The van der Waals surface area contributed by atoms with Crippen LogP contribution in [0.4, 0.5) is 13.2 Å². The Labute approximate surface area is 118 Å². The zero-order valence-corrected chi connectivity index (χ0v) is 12.3. The Balaban J connectivity index is 2.94. The third-order valence-corrected chi connectivity index (χ3v) is 3.36. The fourth-order valence-electron chi connectivity index (χ4n) is 1.85. The Morgan fingerprint density at radius 3 is 2.47 bits per heavy atom. The van der Waals surface area contributed by atoms with Crippen LogP contribution in [0.25, 0.3) is 0 Å². The molecule has 0 aliphatic carbocycles. The van der Waals surface area contributed by atoms with Crippen molar-refractivity contribution >= 4 is 15.9 Å². The van der Waals surface area contributed by atoms with Gasteiger partial charge in [0.25, 0.3) is 0 Å². The van der Waals surface area contributed by atoms with Crippen LogP contribution in [0.5, 0.6) is 5.75 Å². The Morgan fingerprint density at radius 2 is 2.05 bits per heavy atom. The average Bonchev–Trinajstić information content (AvgIpc) is 2.27. The number of nitrogens with two attached hydrogens (primary N) is 1. The third-order valence-electron chi connectivity index (χ3n) is 2.74. The lowest BCUT2D eigenvalue weighted by Crippen LogP contribution is -2.37. The van der Waals surface area contributed by atoms with Gasteiger partial charge in [-0.25, -0.2) is 0 Å². The highest BCUT2D eigenvalue weighted by Crippen LogP contribution is 2.30. The number of rotatable bonds is 5. The lowest BCUT2D eigenvalue weighted by atomic mass is 10.1. The SMILES string of the molecule is COc1ccc(C(CN)N(C)CC(F)(F)F)cc1Br. The number of benzene rings is 1. The van der Waals surface area contributed by atoms with Gasteiger partial charge in [0, 0.05) is 12.6 Å². The number of methoxy groups -OCH3 is 1. The maximum absolute atomic E-state index is 12.4. The van der Waals surface area contributed by atoms with Gasteiger partial charge in [-0.05, 0) is 40.7 Å². The van der Waals surface area contributed by atoms with Crippen LogP contribution in [0.2, 0.25) is 0 Å². The molecule has 1 aromatic carbocycles. The Hall–Kier alpha value is -0.790. The van der Waals surface area contributed by atoms with Gasteiger partial charge in [-0.3, -0.25) is 4.90 Å². The number of nitrogens with zero attached hydrogens (tertiary/aromatic N) is 1. The highest BCUT2D eigenvalue weighted by atomic mass is 79.9. The summed E-state index contributed by atoms with van der Waals surface area (Å²) < 4.78 is 43.0. The Morgan fingerprint density at radius 1 is 1.42 bits per heavy atom. The number of likely N-dealkylation sites (N-methyl/N-ethyl adjacent to an activating group) is 1. The van der Waals surface area contributed by atoms with Gasteiger partial charge in [0.1, 0.15) is 5.75 Å². The minimum Gasteiger partial charge on any atom is -0.496 e. The minimum absolute atomic E-state index is 0.103. The fourth-order valence-corrected chi connectivity index (χ4v) is 2.41. The molecule has 0 bridgehead atoms. The molecule has 0 saturated heterocycles. The topological polar surface area (TPSA) is 38.5 Å². The molecule has 2 N–H and O–H groups in total. The first-order valence-corrected chi connectivity index (χ1v) is 6.38. The van der Waals surface area contributed by atoms with E-state index in [1.807, 2.05) is 0 Å². The van der Waals surface area contributed by atoms with Gasteiger partial charge in [0.2, 0.25) is 0 Å². The summed E-state index contributed by atoms with van der Waals surface area (Å²) in [4.78, 5) is 1.19. The molecule has 1 aromatic rings. The number of hydrogen-bond donors (Lipinski definition) is 1. The van der Waals surface area contributed by atoms with Crippen LogP contribution in [0, 0.1) is 0 Å². The van der Waals surface area contributed by atoms with Crippen molar-refractivity contribution in [1.29, 1.82) is 0 Å². The summed E-state index contributed by atoms with van der Waals surface area (Å²) in [7, 11) is 2.93. The molecule has 0 saturated carbocycles. The second-order valence-electron chi connectivity index (χ2n) is 4.18. The maximum Gasteiger partial charge on any atom is 0.401 e. The summed E-state index contributed by atoms with van der Waals surface area (Å²) >= 11 is 3.31. The Bertz CT molecular complexity index is 426. The van der Waals surface area contributed by atoms with E-state index < -0.39 is 18.8 Å². The predicted molar refractivity (Wildman–Crippen MR) is 71.2 cm³/mol. The molecule has 1 rings (SSSR count). The van der Waals surface area contributed by atoms with E-state index in [-0.39, 0.29) is 6.54 Å². The fraction of sp³-hybridized carbons (Fsp3) is 0.500. The first-order chi connectivity index (χ1) is 8.78. The van der Waals surface area contributed by atoms with Gasteiger partial charge in [0.15, 0.2) is 0 Å². The molecule has 0 radical (unpaired) electrons. The van der Waals surface area contributed by atoms with Gasteiger partial charge in [-0.1, -0.05) is 6.07 Å². The molecule has 0 aliphatic heterocycles. The van der Waals surface area contributed by atoms with Gasteiger partial charge < -0.3 is 10.5 Å². The molecule has 3 nitrogen and oxygen atoms in total. The van der Waals surface area contributed by atoms with E-state index in [0.717, 1.165) is 0 Å². The van der Waals surface area contributed by atoms with E-state index in [2.05, 4.69) is 15.9 Å². The van der Waals surface area contributed by atoms with Gasteiger partial charge in [-0.15, -0.1) is 0 Å². The van der Waals surface area contributed by atoms with Crippen LogP contribution in [-0.2, 0) is 0 Å². The van der Waals surface area contributed by atoms with E-state index in [4.69, 9.17) is 10.5 Å². The summed E-state index contributed by atoms with van der Waals surface area (Å²) in [6.45, 7) is -0.899. The lowest BCUT2D eigenvalue weighted by molar-refractivity contribution is -0.147.